The lowest BCUT2D eigenvalue weighted by atomic mass is 9.95. The van der Waals surface area contributed by atoms with Gasteiger partial charge in [-0.2, -0.15) is 5.26 Å². The van der Waals surface area contributed by atoms with Crippen LogP contribution in [0.1, 0.15) is 31.2 Å². The summed E-state index contributed by atoms with van der Waals surface area (Å²) in [5, 5.41) is 9.03. The molecule has 1 aromatic rings. The number of nitriles is 1. The number of nitrogens with zero attached hydrogens (tertiary/aromatic N) is 2. The van der Waals surface area contributed by atoms with E-state index in [1.165, 1.54) is 18.3 Å². The largest absolute Gasteiger partial charge is 0.293 e. The Hall–Kier alpha value is -2.02. The molecule has 0 bridgehead atoms. The van der Waals surface area contributed by atoms with Crippen LogP contribution < -0.4 is 0 Å². The minimum absolute atomic E-state index is 0.0343. The van der Waals surface area contributed by atoms with Crippen molar-refractivity contribution in [1.82, 2.24) is 4.98 Å². The molecule has 0 unspecified atom stereocenters. The summed E-state index contributed by atoms with van der Waals surface area (Å²) in [6, 6.07) is 3.33. The van der Waals surface area contributed by atoms with Crippen LogP contribution in [-0.4, -0.2) is 10.8 Å². The molecule has 0 atom stereocenters. The molecule has 1 aromatic heterocycles. The summed E-state index contributed by atoms with van der Waals surface area (Å²) in [5.41, 5.74) is 0.264. The molecule has 0 aliphatic heterocycles. The van der Waals surface area contributed by atoms with Crippen molar-refractivity contribution in [2.75, 3.05) is 0 Å². The van der Waals surface area contributed by atoms with Crippen LogP contribution in [0.25, 0.3) is 6.08 Å². The summed E-state index contributed by atoms with van der Waals surface area (Å²) in [6.45, 7) is 0. The second-order valence-electron chi connectivity index (χ2n) is 4.41. The van der Waals surface area contributed by atoms with E-state index in [-0.39, 0.29) is 22.8 Å². The van der Waals surface area contributed by atoms with E-state index in [0.717, 1.165) is 31.9 Å². The fourth-order valence-electron chi connectivity index (χ4n) is 2.22. The van der Waals surface area contributed by atoms with E-state index < -0.39 is 5.82 Å². The quantitative estimate of drug-likeness (QED) is 0.606. The van der Waals surface area contributed by atoms with Crippen LogP contribution in [0.5, 0.6) is 0 Å². The van der Waals surface area contributed by atoms with Gasteiger partial charge in [0.2, 0.25) is 0 Å². The van der Waals surface area contributed by atoms with E-state index in [2.05, 4.69) is 4.98 Å². The van der Waals surface area contributed by atoms with Crippen LogP contribution >= 0.6 is 0 Å². The molecule has 0 radical (unpaired) electrons. The van der Waals surface area contributed by atoms with Crippen LogP contribution in [0.15, 0.2) is 24.0 Å². The summed E-state index contributed by atoms with van der Waals surface area (Å²) in [6.07, 6.45) is 7.54. The zero-order valence-corrected chi connectivity index (χ0v) is 9.90. The van der Waals surface area contributed by atoms with Gasteiger partial charge in [-0.3, -0.25) is 9.78 Å². The Morgan fingerprint density at radius 3 is 2.83 bits per heavy atom. The minimum Gasteiger partial charge on any atom is -0.293 e. The van der Waals surface area contributed by atoms with Gasteiger partial charge in [-0.1, -0.05) is 12.8 Å². The van der Waals surface area contributed by atoms with Gasteiger partial charge in [0.1, 0.15) is 11.9 Å². The number of aromatic nitrogens is 1. The summed E-state index contributed by atoms with van der Waals surface area (Å²) in [4.78, 5) is 15.7. The number of pyridine rings is 1. The number of halogens is 1. The fourth-order valence-corrected chi connectivity index (χ4v) is 2.22. The van der Waals surface area contributed by atoms with Crippen LogP contribution in [-0.2, 0) is 4.79 Å². The first-order chi connectivity index (χ1) is 8.72. The number of allylic oxidation sites excluding steroid dienone is 1. The molecule has 0 N–H and O–H groups in total. The van der Waals surface area contributed by atoms with E-state index in [1.807, 2.05) is 6.07 Å². The molecule has 2 rings (SSSR count). The maximum atomic E-state index is 13.4. The maximum absolute atomic E-state index is 13.4. The van der Waals surface area contributed by atoms with Crippen molar-refractivity contribution >= 4 is 11.9 Å². The molecule has 0 amide bonds. The Labute approximate surface area is 105 Å². The Bertz CT molecular complexity index is 525. The maximum Gasteiger partial charge on any atom is 0.176 e. The normalized spacial score (nSPS) is 16.6. The molecule has 3 nitrogen and oxygen atoms in total. The zero-order valence-electron chi connectivity index (χ0n) is 9.90. The second kappa shape index (κ2) is 5.54. The highest BCUT2D eigenvalue weighted by Gasteiger charge is 2.25. The molecule has 4 heteroatoms. The molecule has 1 saturated carbocycles. The van der Waals surface area contributed by atoms with Crippen molar-refractivity contribution in [3.05, 3.63) is 35.4 Å². The SMILES string of the molecule is N#CC(=Cc1ccncc1F)C(=O)C1CCCC1. The third kappa shape index (κ3) is 2.62. The smallest absolute Gasteiger partial charge is 0.176 e. The van der Waals surface area contributed by atoms with Crippen molar-refractivity contribution in [1.29, 1.82) is 5.26 Å². The molecule has 1 aliphatic carbocycles. The third-order valence-corrected chi connectivity index (χ3v) is 3.22. The molecular formula is C14H13FN2O. The Morgan fingerprint density at radius 2 is 2.22 bits per heavy atom. The Kier molecular flexibility index (Phi) is 3.83. The lowest BCUT2D eigenvalue weighted by Crippen LogP contribution is -2.12. The number of hydrogen-bond acceptors (Lipinski definition) is 3. The number of rotatable bonds is 3. The van der Waals surface area contributed by atoms with E-state index in [0.29, 0.717) is 0 Å². The standard InChI is InChI=1S/C14H13FN2O/c15-13-9-17-6-5-11(13)7-12(8-16)14(18)10-3-1-2-4-10/h5-7,9-10H,1-4H2. The van der Waals surface area contributed by atoms with E-state index in [9.17, 15) is 9.18 Å². The van der Waals surface area contributed by atoms with Gasteiger partial charge < -0.3 is 0 Å². The van der Waals surface area contributed by atoms with Crippen LogP contribution in [0.2, 0.25) is 0 Å². The molecule has 92 valence electrons. The number of Topliss-reactive ketones (excluding diaryl/α,β-unsaturated/α-hetero) is 1. The average Bonchev–Trinajstić information content (AvgIpc) is 2.91. The van der Waals surface area contributed by atoms with Crippen molar-refractivity contribution in [3.8, 4) is 6.07 Å². The number of ketones is 1. The van der Waals surface area contributed by atoms with E-state index >= 15 is 0 Å². The summed E-state index contributed by atoms with van der Waals surface area (Å²) in [7, 11) is 0. The number of carbonyl (C=O) groups is 1. The van der Waals surface area contributed by atoms with Crippen LogP contribution in [0.4, 0.5) is 4.39 Å². The molecular weight excluding hydrogens is 231 g/mol. The Balaban J connectivity index is 2.26. The van der Waals surface area contributed by atoms with Gasteiger partial charge in [0, 0.05) is 17.7 Å². The van der Waals surface area contributed by atoms with Gasteiger partial charge >= 0.3 is 0 Å². The van der Waals surface area contributed by atoms with Crippen LogP contribution in [0.3, 0.4) is 0 Å². The lowest BCUT2D eigenvalue weighted by molar-refractivity contribution is -0.118. The van der Waals surface area contributed by atoms with Crippen molar-refractivity contribution in [2.45, 2.75) is 25.7 Å². The van der Waals surface area contributed by atoms with Crippen molar-refractivity contribution < 1.29 is 9.18 Å². The summed E-state index contributed by atoms with van der Waals surface area (Å²) < 4.78 is 13.4. The van der Waals surface area contributed by atoms with Crippen molar-refractivity contribution in [3.63, 3.8) is 0 Å². The molecule has 0 aromatic carbocycles. The van der Waals surface area contributed by atoms with Gasteiger partial charge in [-0.15, -0.1) is 0 Å². The predicted molar refractivity (Wildman–Crippen MR) is 64.8 cm³/mol. The highest BCUT2D eigenvalue weighted by molar-refractivity contribution is 6.04. The minimum atomic E-state index is -0.524. The summed E-state index contributed by atoms with van der Waals surface area (Å²) in [5.74, 6) is -0.753. The summed E-state index contributed by atoms with van der Waals surface area (Å²) >= 11 is 0. The predicted octanol–water partition coefficient (Wildman–Crippen LogP) is 2.89. The van der Waals surface area contributed by atoms with Gasteiger partial charge in [0.15, 0.2) is 5.78 Å². The third-order valence-electron chi connectivity index (χ3n) is 3.22. The number of hydrogen-bond donors (Lipinski definition) is 0. The second-order valence-corrected chi connectivity index (χ2v) is 4.41. The molecule has 1 heterocycles. The van der Waals surface area contributed by atoms with Gasteiger partial charge in [0.05, 0.1) is 11.8 Å². The first-order valence-corrected chi connectivity index (χ1v) is 5.98. The van der Waals surface area contributed by atoms with E-state index in [1.54, 1.807) is 0 Å². The molecule has 0 saturated heterocycles. The zero-order chi connectivity index (χ0) is 13.0. The fraction of sp³-hybridized carbons (Fsp3) is 0.357. The highest BCUT2D eigenvalue weighted by atomic mass is 19.1. The van der Waals surface area contributed by atoms with Gasteiger partial charge in [0.25, 0.3) is 0 Å². The molecule has 0 spiro atoms. The monoisotopic (exact) mass is 244 g/mol. The molecule has 18 heavy (non-hydrogen) atoms. The average molecular weight is 244 g/mol. The van der Waals surface area contributed by atoms with Gasteiger partial charge in [-0.05, 0) is 25.0 Å². The van der Waals surface area contributed by atoms with Crippen LogP contribution in [0, 0.1) is 23.1 Å². The van der Waals surface area contributed by atoms with Gasteiger partial charge in [-0.25, -0.2) is 4.39 Å². The highest BCUT2D eigenvalue weighted by Crippen LogP contribution is 2.28. The van der Waals surface area contributed by atoms with Crippen molar-refractivity contribution in [2.24, 2.45) is 5.92 Å². The molecule has 1 fully saturated rings. The van der Waals surface area contributed by atoms with E-state index in [4.69, 9.17) is 5.26 Å². The number of carbonyl (C=O) groups excluding carboxylic acids is 1. The molecule has 1 aliphatic rings. The Morgan fingerprint density at radius 1 is 1.50 bits per heavy atom. The first kappa shape index (κ1) is 12.4. The lowest BCUT2D eigenvalue weighted by Gasteiger charge is -2.06. The first-order valence-electron chi connectivity index (χ1n) is 5.98. The topological polar surface area (TPSA) is 53.8 Å².